The van der Waals surface area contributed by atoms with Crippen molar-refractivity contribution in [2.75, 3.05) is 11.9 Å². The van der Waals surface area contributed by atoms with Crippen LogP contribution in [0, 0.1) is 19.3 Å². The molecule has 0 saturated carbocycles. The van der Waals surface area contributed by atoms with Crippen molar-refractivity contribution in [1.29, 1.82) is 5.41 Å². The molecule has 0 aromatic carbocycles. The second-order valence-electron chi connectivity index (χ2n) is 4.74. The van der Waals surface area contributed by atoms with E-state index in [2.05, 4.69) is 15.2 Å². The Hall–Kier alpha value is -2.50. The van der Waals surface area contributed by atoms with E-state index in [1.54, 1.807) is 12.4 Å². The molecule has 0 bridgehead atoms. The van der Waals surface area contributed by atoms with E-state index in [9.17, 15) is 0 Å². The Morgan fingerprint density at radius 1 is 1.35 bits per heavy atom. The van der Waals surface area contributed by atoms with Crippen LogP contribution in [0.1, 0.15) is 22.4 Å². The summed E-state index contributed by atoms with van der Waals surface area (Å²) in [6.07, 6.45) is 3.54. The maximum Gasteiger partial charge on any atom is 0.162 e. The first kappa shape index (κ1) is 13.9. The van der Waals surface area contributed by atoms with E-state index in [-0.39, 0.29) is 5.84 Å². The number of nitrogens with zero attached hydrogens (tertiary/aromatic N) is 4. The molecular weight excluding hydrogens is 252 g/mol. The highest BCUT2D eigenvalue weighted by Gasteiger charge is 2.17. The molecule has 0 atom stereocenters. The van der Waals surface area contributed by atoms with Gasteiger partial charge in [0.15, 0.2) is 5.82 Å². The zero-order valence-electron chi connectivity index (χ0n) is 11.9. The van der Waals surface area contributed by atoms with Crippen molar-refractivity contribution in [3.63, 3.8) is 0 Å². The van der Waals surface area contributed by atoms with Gasteiger partial charge in [0, 0.05) is 26.0 Å². The number of rotatable bonds is 4. The fraction of sp³-hybridized carbons (Fsp3) is 0.286. The zero-order chi connectivity index (χ0) is 14.7. The summed E-state index contributed by atoms with van der Waals surface area (Å²) in [5.74, 6) is 0.623. The summed E-state index contributed by atoms with van der Waals surface area (Å²) >= 11 is 0. The number of aryl methyl sites for hydroxylation is 1. The molecule has 0 saturated heterocycles. The van der Waals surface area contributed by atoms with Crippen molar-refractivity contribution < 1.29 is 0 Å². The molecule has 2 rings (SSSR count). The molecule has 0 aliphatic heterocycles. The number of pyridine rings is 1. The molecule has 0 aliphatic carbocycles. The van der Waals surface area contributed by atoms with Crippen LogP contribution in [0.15, 0.2) is 24.5 Å². The lowest BCUT2D eigenvalue weighted by Crippen LogP contribution is -2.25. The SMILES string of the molecule is Cc1nnc(N(C)Cc2cccnc2)c(C(=N)N)c1C. The number of nitrogen functional groups attached to an aromatic ring is 1. The van der Waals surface area contributed by atoms with Crippen molar-refractivity contribution in [1.82, 2.24) is 15.2 Å². The molecule has 20 heavy (non-hydrogen) atoms. The Kier molecular flexibility index (Phi) is 3.93. The van der Waals surface area contributed by atoms with Gasteiger partial charge in [-0.05, 0) is 31.0 Å². The summed E-state index contributed by atoms with van der Waals surface area (Å²) in [6, 6.07) is 3.88. The summed E-state index contributed by atoms with van der Waals surface area (Å²) in [5, 5.41) is 16.1. The van der Waals surface area contributed by atoms with Gasteiger partial charge in [-0.25, -0.2) is 0 Å². The molecule has 2 aromatic rings. The molecule has 0 unspecified atom stereocenters. The van der Waals surface area contributed by atoms with E-state index >= 15 is 0 Å². The molecule has 0 spiro atoms. The summed E-state index contributed by atoms with van der Waals surface area (Å²) in [7, 11) is 1.90. The largest absolute Gasteiger partial charge is 0.384 e. The predicted molar refractivity (Wildman–Crippen MR) is 78.9 cm³/mol. The van der Waals surface area contributed by atoms with E-state index in [0.29, 0.717) is 17.9 Å². The zero-order valence-corrected chi connectivity index (χ0v) is 11.9. The molecule has 6 heteroatoms. The van der Waals surface area contributed by atoms with Crippen LogP contribution in [0.3, 0.4) is 0 Å². The predicted octanol–water partition coefficient (Wildman–Crippen LogP) is 1.41. The second kappa shape index (κ2) is 5.64. The number of nitrogens with two attached hydrogens (primary N) is 1. The highest BCUT2D eigenvalue weighted by atomic mass is 15.2. The number of amidine groups is 1. The van der Waals surface area contributed by atoms with Crippen molar-refractivity contribution in [2.24, 2.45) is 5.73 Å². The molecule has 2 heterocycles. The smallest absolute Gasteiger partial charge is 0.162 e. The fourth-order valence-electron chi connectivity index (χ4n) is 2.03. The lowest BCUT2D eigenvalue weighted by Gasteiger charge is -2.21. The summed E-state index contributed by atoms with van der Waals surface area (Å²) in [6.45, 7) is 4.40. The van der Waals surface area contributed by atoms with Crippen LogP contribution < -0.4 is 10.6 Å². The number of aromatic nitrogens is 3. The van der Waals surface area contributed by atoms with Gasteiger partial charge in [-0.2, -0.15) is 5.10 Å². The van der Waals surface area contributed by atoms with Crippen molar-refractivity contribution in [2.45, 2.75) is 20.4 Å². The normalized spacial score (nSPS) is 10.3. The van der Waals surface area contributed by atoms with Crippen LogP contribution in [-0.2, 0) is 6.54 Å². The van der Waals surface area contributed by atoms with E-state index in [1.165, 1.54) is 0 Å². The average molecular weight is 270 g/mol. The second-order valence-corrected chi connectivity index (χ2v) is 4.74. The third-order valence-corrected chi connectivity index (χ3v) is 3.21. The van der Waals surface area contributed by atoms with Crippen molar-refractivity contribution in [3.05, 3.63) is 46.9 Å². The Morgan fingerprint density at radius 3 is 2.70 bits per heavy atom. The minimum atomic E-state index is 0.00790. The summed E-state index contributed by atoms with van der Waals surface area (Å²) in [4.78, 5) is 6.01. The van der Waals surface area contributed by atoms with Gasteiger partial charge < -0.3 is 10.6 Å². The maximum absolute atomic E-state index is 7.76. The standard InChI is InChI=1S/C14H18N6/c1-9-10(2)18-19-14(12(9)13(15)16)20(3)8-11-5-4-6-17-7-11/h4-7H,8H2,1-3H3,(H3,15,16). The van der Waals surface area contributed by atoms with Gasteiger partial charge in [-0.1, -0.05) is 6.07 Å². The molecule has 6 nitrogen and oxygen atoms in total. The third kappa shape index (κ3) is 2.74. The van der Waals surface area contributed by atoms with Crippen LogP contribution in [0.2, 0.25) is 0 Å². The first-order valence-corrected chi connectivity index (χ1v) is 6.29. The number of nitrogens with one attached hydrogen (secondary N) is 1. The molecular formula is C14H18N6. The maximum atomic E-state index is 7.76. The topological polar surface area (TPSA) is 91.8 Å². The highest BCUT2D eigenvalue weighted by molar-refractivity contribution is 6.01. The Morgan fingerprint density at radius 2 is 2.10 bits per heavy atom. The molecule has 0 radical (unpaired) electrons. The first-order chi connectivity index (χ1) is 9.50. The van der Waals surface area contributed by atoms with Gasteiger partial charge in [0.1, 0.15) is 5.84 Å². The highest BCUT2D eigenvalue weighted by Crippen LogP contribution is 2.21. The third-order valence-electron chi connectivity index (χ3n) is 3.21. The van der Waals surface area contributed by atoms with Crippen molar-refractivity contribution >= 4 is 11.7 Å². The van der Waals surface area contributed by atoms with Gasteiger partial charge in [-0.3, -0.25) is 10.4 Å². The van der Waals surface area contributed by atoms with Gasteiger partial charge in [-0.15, -0.1) is 5.10 Å². The number of anilines is 1. The van der Waals surface area contributed by atoms with Crippen LogP contribution in [0.5, 0.6) is 0 Å². The molecule has 0 fully saturated rings. The van der Waals surface area contributed by atoms with E-state index in [0.717, 1.165) is 16.8 Å². The van der Waals surface area contributed by atoms with Crippen molar-refractivity contribution in [3.8, 4) is 0 Å². The van der Waals surface area contributed by atoms with Gasteiger partial charge in [0.25, 0.3) is 0 Å². The molecule has 3 N–H and O–H groups in total. The van der Waals surface area contributed by atoms with Crippen LogP contribution in [0.4, 0.5) is 5.82 Å². The summed E-state index contributed by atoms with van der Waals surface area (Å²) < 4.78 is 0. The lowest BCUT2D eigenvalue weighted by molar-refractivity contribution is 0.844. The van der Waals surface area contributed by atoms with E-state index < -0.39 is 0 Å². The average Bonchev–Trinajstić information content (AvgIpc) is 2.42. The van der Waals surface area contributed by atoms with Crippen LogP contribution >= 0.6 is 0 Å². The first-order valence-electron chi connectivity index (χ1n) is 6.29. The molecule has 104 valence electrons. The molecule has 0 amide bonds. The molecule has 0 aliphatic rings. The quantitative estimate of drug-likeness (QED) is 0.647. The van der Waals surface area contributed by atoms with Crippen LogP contribution in [0.25, 0.3) is 0 Å². The Labute approximate surface area is 118 Å². The minimum Gasteiger partial charge on any atom is -0.384 e. The van der Waals surface area contributed by atoms with Gasteiger partial charge >= 0.3 is 0 Å². The van der Waals surface area contributed by atoms with Gasteiger partial charge in [0.05, 0.1) is 11.3 Å². The summed E-state index contributed by atoms with van der Waals surface area (Å²) in [5.41, 5.74) is 9.07. The van der Waals surface area contributed by atoms with E-state index in [4.69, 9.17) is 11.1 Å². The monoisotopic (exact) mass is 270 g/mol. The number of hydrogen-bond acceptors (Lipinski definition) is 5. The minimum absolute atomic E-state index is 0.00790. The van der Waals surface area contributed by atoms with Crippen LogP contribution in [-0.4, -0.2) is 28.1 Å². The Balaban J connectivity index is 2.37. The Bertz CT molecular complexity index is 623. The molecule has 2 aromatic heterocycles. The lowest BCUT2D eigenvalue weighted by atomic mass is 10.1. The van der Waals surface area contributed by atoms with E-state index in [1.807, 2.05) is 37.9 Å². The number of hydrogen-bond donors (Lipinski definition) is 2. The van der Waals surface area contributed by atoms with Gasteiger partial charge in [0.2, 0.25) is 0 Å². The fourth-order valence-corrected chi connectivity index (χ4v) is 2.03.